The molecule has 94 valence electrons. The van der Waals surface area contributed by atoms with Gasteiger partial charge >= 0.3 is 0 Å². The number of halogens is 2. The fourth-order valence-electron chi connectivity index (χ4n) is 1.65. The van der Waals surface area contributed by atoms with Crippen molar-refractivity contribution < 1.29 is 13.6 Å². The van der Waals surface area contributed by atoms with Gasteiger partial charge in [-0.25, -0.2) is 8.78 Å². The van der Waals surface area contributed by atoms with Crippen molar-refractivity contribution in [3.63, 3.8) is 0 Å². The molecule has 0 saturated carbocycles. The zero-order valence-corrected chi connectivity index (χ0v) is 10.9. The molecule has 4 heteroatoms. The molecule has 18 heavy (non-hydrogen) atoms. The van der Waals surface area contributed by atoms with Crippen molar-refractivity contribution in [2.45, 2.75) is 20.3 Å². The van der Waals surface area contributed by atoms with E-state index in [1.165, 1.54) is 24.3 Å². The average Bonchev–Trinajstić information content (AvgIpc) is 2.81. The first kappa shape index (κ1) is 12.9. The molecule has 1 aromatic heterocycles. The van der Waals surface area contributed by atoms with Crippen molar-refractivity contribution in [1.82, 2.24) is 0 Å². The molecule has 0 bridgehead atoms. The second-order valence-corrected chi connectivity index (χ2v) is 5.20. The highest BCUT2D eigenvalue weighted by Crippen LogP contribution is 2.23. The molecule has 1 aromatic carbocycles. The van der Waals surface area contributed by atoms with Crippen molar-refractivity contribution in [1.29, 1.82) is 0 Å². The second-order valence-electron chi connectivity index (χ2n) is 4.03. The predicted molar refractivity (Wildman–Crippen MR) is 68.2 cm³/mol. The molecule has 2 aromatic rings. The Morgan fingerprint density at radius 1 is 1.22 bits per heavy atom. The first-order valence-corrected chi connectivity index (χ1v) is 6.43. The van der Waals surface area contributed by atoms with Gasteiger partial charge < -0.3 is 0 Å². The molecule has 1 heterocycles. The van der Waals surface area contributed by atoms with E-state index < -0.39 is 11.6 Å². The molecule has 2 rings (SSSR count). The summed E-state index contributed by atoms with van der Waals surface area (Å²) in [5, 5.41) is 0. The van der Waals surface area contributed by atoms with E-state index in [0.717, 1.165) is 17.4 Å². The van der Waals surface area contributed by atoms with Gasteiger partial charge in [0.2, 0.25) is 5.78 Å². The fraction of sp³-hybridized carbons (Fsp3) is 0.214. The van der Waals surface area contributed by atoms with Crippen LogP contribution in [0.2, 0.25) is 0 Å². The van der Waals surface area contributed by atoms with Gasteiger partial charge in [0, 0.05) is 10.9 Å². The number of thiophene rings is 1. The molecule has 0 atom stereocenters. The lowest BCUT2D eigenvalue weighted by molar-refractivity contribution is 0.103. The van der Waals surface area contributed by atoms with E-state index >= 15 is 0 Å². The third-order valence-corrected chi connectivity index (χ3v) is 3.96. The minimum atomic E-state index is -0.811. The summed E-state index contributed by atoms with van der Waals surface area (Å²) in [6.07, 6.45) is 0.836. The molecule has 0 radical (unpaired) electrons. The molecule has 0 fully saturated rings. The van der Waals surface area contributed by atoms with Crippen LogP contribution in [0, 0.1) is 18.6 Å². The highest BCUT2D eigenvalue weighted by Gasteiger charge is 2.17. The first-order valence-electron chi connectivity index (χ1n) is 5.62. The van der Waals surface area contributed by atoms with Crippen LogP contribution in [-0.4, -0.2) is 5.78 Å². The van der Waals surface area contributed by atoms with Gasteiger partial charge in [-0.3, -0.25) is 4.79 Å². The van der Waals surface area contributed by atoms with Gasteiger partial charge in [0.25, 0.3) is 0 Å². The zero-order chi connectivity index (χ0) is 13.3. The summed E-state index contributed by atoms with van der Waals surface area (Å²) in [7, 11) is 0. The maximum absolute atomic E-state index is 13.6. The van der Waals surface area contributed by atoms with Gasteiger partial charge in [-0.1, -0.05) is 6.92 Å². The maximum atomic E-state index is 13.6. The predicted octanol–water partition coefficient (Wildman–Crippen LogP) is 4.13. The van der Waals surface area contributed by atoms with Crippen LogP contribution in [0.5, 0.6) is 0 Å². The number of carbonyl (C=O) groups excluding carboxylic acids is 1. The Bertz CT molecular complexity index is 602. The van der Waals surface area contributed by atoms with Gasteiger partial charge in [-0.2, -0.15) is 0 Å². The van der Waals surface area contributed by atoms with Crippen LogP contribution in [0.1, 0.15) is 32.6 Å². The lowest BCUT2D eigenvalue weighted by atomic mass is 10.1. The van der Waals surface area contributed by atoms with Crippen molar-refractivity contribution in [3.8, 4) is 0 Å². The minimum absolute atomic E-state index is 0.0709. The van der Waals surface area contributed by atoms with Gasteiger partial charge in [-0.15, -0.1) is 11.3 Å². The zero-order valence-electron chi connectivity index (χ0n) is 10.1. The third kappa shape index (κ3) is 2.34. The van der Waals surface area contributed by atoms with E-state index in [4.69, 9.17) is 0 Å². The quantitative estimate of drug-likeness (QED) is 0.763. The van der Waals surface area contributed by atoms with E-state index in [2.05, 4.69) is 0 Å². The van der Waals surface area contributed by atoms with Crippen molar-refractivity contribution in [2.75, 3.05) is 0 Å². The number of benzene rings is 1. The highest BCUT2D eigenvalue weighted by molar-refractivity contribution is 7.14. The largest absolute Gasteiger partial charge is 0.288 e. The summed E-state index contributed by atoms with van der Waals surface area (Å²) >= 11 is 1.34. The Kier molecular flexibility index (Phi) is 3.57. The Hall–Kier alpha value is -1.55. The lowest BCUT2D eigenvalue weighted by Gasteiger charge is -2.03. The molecule has 0 N–H and O–H groups in total. The van der Waals surface area contributed by atoms with Crippen LogP contribution in [0.25, 0.3) is 0 Å². The number of hydrogen-bond donors (Lipinski definition) is 0. The fourth-order valence-corrected chi connectivity index (χ4v) is 2.56. The number of aryl methyl sites for hydroxylation is 2. The van der Waals surface area contributed by atoms with Crippen LogP contribution in [0.15, 0.2) is 24.3 Å². The van der Waals surface area contributed by atoms with Gasteiger partial charge in [0.05, 0.1) is 10.4 Å². The summed E-state index contributed by atoms with van der Waals surface area (Å²) < 4.78 is 26.7. The van der Waals surface area contributed by atoms with Crippen molar-refractivity contribution >= 4 is 17.1 Å². The molecule has 0 spiro atoms. The Labute approximate surface area is 108 Å². The number of hydrogen-bond acceptors (Lipinski definition) is 2. The van der Waals surface area contributed by atoms with Crippen molar-refractivity contribution in [3.05, 3.63) is 56.8 Å². The van der Waals surface area contributed by atoms with Gasteiger partial charge in [0.1, 0.15) is 11.6 Å². The molecule has 0 aliphatic carbocycles. The van der Waals surface area contributed by atoms with Crippen LogP contribution < -0.4 is 0 Å². The highest BCUT2D eigenvalue weighted by atomic mass is 32.1. The monoisotopic (exact) mass is 266 g/mol. The van der Waals surface area contributed by atoms with E-state index in [0.29, 0.717) is 4.88 Å². The Morgan fingerprint density at radius 2 is 1.94 bits per heavy atom. The Balaban J connectivity index is 2.42. The van der Waals surface area contributed by atoms with Gasteiger partial charge in [0.15, 0.2) is 0 Å². The van der Waals surface area contributed by atoms with Crippen LogP contribution in [0.4, 0.5) is 8.78 Å². The van der Waals surface area contributed by atoms with E-state index in [9.17, 15) is 13.6 Å². The van der Waals surface area contributed by atoms with Crippen molar-refractivity contribution in [2.24, 2.45) is 0 Å². The number of ketones is 1. The van der Waals surface area contributed by atoms with Crippen LogP contribution in [0.3, 0.4) is 0 Å². The molecular formula is C14H12F2OS. The lowest BCUT2D eigenvalue weighted by Crippen LogP contribution is -2.04. The molecular weight excluding hydrogens is 254 g/mol. The average molecular weight is 266 g/mol. The van der Waals surface area contributed by atoms with E-state index in [1.54, 1.807) is 6.07 Å². The third-order valence-electron chi connectivity index (χ3n) is 2.73. The summed E-state index contributed by atoms with van der Waals surface area (Å²) in [5.41, 5.74) is 0.199. The topological polar surface area (TPSA) is 17.1 Å². The molecule has 0 unspecified atom stereocenters. The molecule has 1 nitrogen and oxygen atoms in total. The molecule has 0 amide bonds. The van der Waals surface area contributed by atoms with Crippen LogP contribution in [-0.2, 0) is 6.42 Å². The van der Waals surface area contributed by atoms with E-state index in [1.807, 2.05) is 13.0 Å². The smallest absolute Gasteiger partial charge is 0.205 e. The van der Waals surface area contributed by atoms with Gasteiger partial charge in [-0.05, 0) is 37.1 Å². The summed E-state index contributed by atoms with van der Waals surface area (Å²) in [6.45, 7) is 3.50. The Morgan fingerprint density at radius 3 is 2.56 bits per heavy atom. The van der Waals surface area contributed by atoms with E-state index in [-0.39, 0.29) is 16.9 Å². The molecule has 0 aliphatic rings. The number of rotatable bonds is 3. The molecule has 0 saturated heterocycles. The van der Waals surface area contributed by atoms with Crippen LogP contribution >= 0.6 is 11.3 Å². The summed E-state index contributed by atoms with van der Waals surface area (Å²) in [5.74, 6) is -1.83. The second kappa shape index (κ2) is 4.98. The minimum Gasteiger partial charge on any atom is -0.288 e. The standard InChI is InChI=1S/C14H12F2OS/c1-3-9-4-5-13(18-9)14(17)10-6-8(2)11(15)7-12(10)16/h4-7H,3H2,1-2H3. The SMILES string of the molecule is CCc1ccc(C(=O)c2cc(C)c(F)cc2F)s1. The number of carbonyl (C=O) groups is 1. The normalized spacial score (nSPS) is 10.7. The summed E-state index contributed by atoms with van der Waals surface area (Å²) in [4.78, 5) is 13.7. The summed E-state index contributed by atoms with van der Waals surface area (Å²) in [6, 6.07) is 5.56. The maximum Gasteiger partial charge on any atom is 0.205 e. The first-order chi connectivity index (χ1) is 8.52. The molecule has 0 aliphatic heterocycles.